The lowest BCUT2D eigenvalue weighted by molar-refractivity contribution is -0.114. The average molecular weight is 697 g/mol. The quantitative estimate of drug-likeness (QED) is 0.242. The van der Waals surface area contributed by atoms with E-state index in [2.05, 4.69) is 20.7 Å². The molecule has 2 aromatic carbocycles. The van der Waals surface area contributed by atoms with Crippen molar-refractivity contribution in [2.45, 2.75) is 89.3 Å². The topological polar surface area (TPSA) is 104 Å². The van der Waals surface area contributed by atoms with E-state index >= 15 is 4.39 Å². The number of terminal acetylenes is 1. The summed E-state index contributed by atoms with van der Waals surface area (Å²) >= 11 is 0. The first-order chi connectivity index (χ1) is 24.5. The van der Waals surface area contributed by atoms with Crippen LogP contribution in [0.4, 0.5) is 19.4 Å². The molecule has 0 spiro atoms. The van der Waals surface area contributed by atoms with Crippen LogP contribution in [0, 0.1) is 29.9 Å². The molecule has 4 aromatic rings. The fraction of sp³-hybridized carbons (Fsp3) is 0.487. The first-order valence-corrected chi connectivity index (χ1v) is 17.9. The van der Waals surface area contributed by atoms with E-state index in [1.807, 2.05) is 25.7 Å². The van der Waals surface area contributed by atoms with Crippen molar-refractivity contribution in [3.63, 3.8) is 0 Å². The first-order valence-electron chi connectivity index (χ1n) is 17.9. The number of nitrogens with zero attached hydrogens (tertiary/aromatic N) is 6. The molecule has 4 unspecified atom stereocenters. The molecule has 51 heavy (non-hydrogen) atoms. The second kappa shape index (κ2) is 12.9. The monoisotopic (exact) mass is 696 g/mol. The van der Waals surface area contributed by atoms with Crippen molar-refractivity contribution in [2.75, 3.05) is 31.1 Å². The van der Waals surface area contributed by atoms with Crippen LogP contribution in [0.15, 0.2) is 36.5 Å². The largest absolute Gasteiger partial charge is 0.444 e. The van der Waals surface area contributed by atoms with E-state index in [1.54, 1.807) is 30.5 Å². The molecule has 0 saturated carbocycles. The second-order valence-corrected chi connectivity index (χ2v) is 15.2. The Morgan fingerprint density at radius 3 is 2.57 bits per heavy atom. The van der Waals surface area contributed by atoms with E-state index in [0.717, 1.165) is 45.1 Å². The highest BCUT2D eigenvalue weighted by Crippen LogP contribution is 2.41. The lowest BCUT2D eigenvalue weighted by atomic mass is 9.84. The van der Waals surface area contributed by atoms with Crippen molar-refractivity contribution in [1.82, 2.24) is 24.8 Å². The van der Waals surface area contributed by atoms with Crippen LogP contribution >= 0.6 is 0 Å². The van der Waals surface area contributed by atoms with Crippen LogP contribution in [0.5, 0.6) is 6.01 Å². The zero-order chi connectivity index (χ0) is 35.6. The van der Waals surface area contributed by atoms with Crippen LogP contribution in [0.25, 0.3) is 32.9 Å². The van der Waals surface area contributed by atoms with Gasteiger partial charge in [0.15, 0.2) is 12.0 Å². The number of aromatic nitrogens is 3. The van der Waals surface area contributed by atoms with Gasteiger partial charge in [-0.15, -0.1) is 6.42 Å². The van der Waals surface area contributed by atoms with Gasteiger partial charge in [0.2, 0.25) is 0 Å². The molecule has 6 atom stereocenters. The summed E-state index contributed by atoms with van der Waals surface area (Å²) < 4.78 is 44.4. The van der Waals surface area contributed by atoms with E-state index in [0.29, 0.717) is 40.6 Å². The molecule has 2 aromatic heterocycles. The summed E-state index contributed by atoms with van der Waals surface area (Å²) in [5.74, 6) is 1.86. The van der Waals surface area contributed by atoms with Crippen LogP contribution in [-0.4, -0.2) is 92.1 Å². The number of rotatable bonds is 5. The Bertz CT molecular complexity index is 2050. The normalized spacial score (nSPS) is 26.0. The molecule has 4 fully saturated rings. The summed E-state index contributed by atoms with van der Waals surface area (Å²) in [5, 5.41) is 11.6. The standard InChI is InChI=1S/C39H42F2N6O4/c1-5-27-30(40)16-12-22-8-6-10-28(31(22)27)33-32(41)34-29(18-42-33)35(45-19-24-14-15-25(20-45)47(24)38(49)51-39(2,3)4)44-37(43-34)50-36-23-9-7-17-46(36)26(21-48)13-11-23/h1,6,8,10,12,16,18,23-26,36,48H,7,9,11,13-15,17,19-21H2,2-4H3/t23-,24?,25?,26+,36?/m0/s1. The molecule has 0 radical (unpaired) electrons. The maximum atomic E-state index is 17.1. The number of aliphatic hydroxyl groups excluding tert-OH is 1. The number of aliphatic hydroxyl groups is 1. The molecule has 4 aliphatic heterocycles. The Morgan fingerprint density at radius 2 is 1.84 bits per heavy atom. The third-order valence-corrected chi connectivity index (χ3v) is 10.9. The summed E-state index contributed by atoms with van der Waals surface area (Å²) in [7, 11) is 0. The summed E-state index contributed by atoms with van der Waals surface area (Å²) in [6.07, 6.45) is 12.0. The molecule has 266 valence electrons. The van der Waals surface area contributed by atoms with Gasteiger partial charge in [-0.3, -0.25) is 14.8 Å². The number of halogens is 2. The minimum absolute atomic E-state index is 0.0146. The summed E-state index contributed by atoms with van der Waals surface area (Å²) in [4.78, 5) is 33.6. The lowest BCUT2D eigenvalue weighted by Crippen LogP contribution is -2.58. The van der Waals surface area contributed by atoms with Crippen molar-refractivity contribution < 1.29 is 28.2 Å². The molecular formula is C39H42F2N6O4. The highest BCUT2D eigenvalue weighted by Gasteiger charge is 2.46. The third-order valence-electron chi connectivity index (χ3n) is 10.9. The zero-order valence-electron chi connectivity index (χ0n) is 29.1. The van der Waals surface area contributed by atoms with Crippen LogP contribution in [-0.2, 0) is 4.74 Å². The Kier molecular flexibility index (Phi) is 8.46. The van der Waals surface area contributed by atoms with E-state index < -0.39 is 17.2 Å². The van der Waals surface area contributed by atoms with E-state index in [-0.39, 0.29) is 65.8 Å². The number of hydrogen-bond acceptors (Lipinski definition) is 9. The number of piperazine rings is 1. The molecule has 1 N–H and O–H groups in total. The van der Waals surface area contributed by atoms with Crippen LogP contribution in [0.2, 0.25) is 0 Å². The molecule has 6 heterocycles. The van der Waals surface area contributed by atoms with Crippen molar-refractivity contribution in [3.05, 3.63) is 53.7 Å². The van der Waals surface area contributed by atoms with Gasteiger partial charge in [0.1, 0.15) is 28.4 Å². The molecule has 12 heteroatoms. The van der Waals surface area contributed by atoms with Crippen LogP contribution in [0.3, 0.4) is 0 Å². The van der Waals surface area contributed by atoms with Crippen LogP contribution in [0.1, 0.15) is 64.9 Å². The number of benzene rings is 2. The lowest BCUT2D eigenvalue weighted by Gasteiger charge is -2.48. The SMILES string of the molecule is C#Cc1c(F)ccc2cccc(-c3ncc4c(N5CC6CCC(C5)N6C(=O)OC(C)(C)C)nc(OC5[C@H]6CCCN5[C@@H](CO)CC6)nc4c3F)c12. The maximum Gasteiger partial charge on any atom is 0.410 e. The van der Waals surface area contributed by atoms with Gasteiger partial charge in [-0.05, 0) is 70.7 Å². The number of amides is 1. The van der Waals surface area contributed by atoms with Gasteiger partial charge in [0.25, 0.3) is 0 Å². The number of anilines is 1. The van der Waals surface area contributed by atoms with Gasteiger partial charge in [0.05, 0.1) is 29.6 Å². The fourth-order valence-electron chi connectivity index (χ4n) is 8.68. The zero-order valence-corrected chi connectivity index (χ0v) is 29.1. The van der Waals surface area contributed by atoms with Gasteiger partial charge in [-0.2, -0.15) is 9.97 Å². The summed E-state index contributed by atoms with van der Waals surface area (Å²) in [5.41, 5.74) is -0.231. The molecule has 4 bridgehead atoms. The molecule has 1 amide bonds. The van der Waals surface area contributed by atoms with Gasteiger partial charge < -0.3 is 19.5 Å². The highest BCUT2D eigenvalue weighted by molar-refractivity contribution is 6.02. The molecule has 4 aliphatic rings. The molecule has 4 saturated heterocycles. The fourth-order valence-corrected chi connectivity index (χ4v) is 8.68. The van der Waals surface area contributed by atoms with Gasteiger partial charge in [-0.25, -0.2) is 13.6 Å². The van der Waals surface area contributed by atoms with E-state index in [4.69, 9.17) is 25.9 Å². The molecule has 10 nitrogen and oxygen atoms in total. The van der Waals surface area contributed by atoms with Crippen molar-refractivity contribution in [1.29, 1.82) is 0 Å². The number of piperidine rings is 2. The molecule has 8 rings (SSSR count). The van der Waals surface area contributed by atoms with E-state index in [9.17, 15) is 14.3 Å². The van der Waals surface area contributed by atoms with Crippen LogP contribution < -0.4 is 9.64 Å². The minimum Gasteiger partial charge on any atom is -0.444 e. The van der Waals surface area contributed by atoms with Gasteiger partial charge in [-0.1, -0.05) is 30.2 Å². The molecule has 0 aliphatic carbocycles. The smallest absolute Gasteiger partial charge is 0.410 e. The number of pyridine rings is 1. The van der Waals surface area contributed by atoms with Crippen molar-refractivity contribution in [2.24, 2.45) is 5.92 Å². The minimum atomic E-state index is -0.700. The third kappa shape index (κ3) is 5.90. The van der Waals surface area contributed by atoms with Crippen molar-refractivity contribution in [3.8, 4) is 29.6 Å². The predicted octanol–water partition coefficient (Wildman–Crippen LogP) is 6.26. The summed E-state index contributed by atoms with van der Waals surface area (Å²) in [6, 6.07) is 7.92. The Hall–Kier alpha value is -4.60. The van der Waals surface area contributed by atoms with Crippen molar-refractivity contribution >= 4 is 33.6 Å². The van der Waals surface area contributed by atoms with Gasteiger partial charge in [0, 0.05) is 48.7 Å². The number of ether oxygens (including phenoxy) is 2. The average Bonchev–Trinajstić information content (AvgIpc) is 3.37. The Morgan fingerprint density at radius 1 is 1.06 bits per heavy atom. The number of carbonyl (C=O) groups is 1. The van der Waals surface area contributed by atoms with Gasteiger partial charge >= 0.3 is 12.1 Å². The predicted molar refractivity (Wildman–Crippen MR) is 189 cm³/mol. The summed E-state index contributed by atoms with van der Waals surface area (Å²) in [6.45, 7) is 7.30. The number of hydrogen-bond donors (Lipinski definition) is 1. The number of carbonyl (C=O) groups excluding carboxylic acids is 1. The highest BCUT2D eigenvalue weighted by atomic mass is 19.1. The number of fused-ring (bicyclic) bond motifs is 6. The van der Waals surface area contributed by atoms with E-state index in [1.165, 1.54) is 6.07 Å². The first kappa shape index (κ1) is 33.5. The second-order valence-electron chi connectivity index (χ2n) is 15.2. The Balaban J connectivity index is 1.24. The Labute approximate surface area is 295 Å². The maximum absolute atomic E-state index is 17.1. The molecular weight excluding hydrogens is 654 g/mol.